The summed E-state index contributed by atoms with van der Waals surface area (Å²) in [5, 5.41) is 13.8. The van der Waals surface area contributed by atoms with Gasteiger partial charge in [-0.1, -0.05) is 48.5 Å². The molecular weight excluding hydrogens is 510 g/mol. The Labute approximate surface area is 239 Å². The average molecular weight is 544 g/mol. The van der Waals surface area contributed by atoms with Crippen molar-refractivity contribution < 1.29 is 14.7 Å². The summed E-state index contributed by atoms with van der Waals surface area (Å²) in [5.41, 5.74) is 9.28. The summed E-state index contributed by atoms with van der Waals surface area (Å²) in [4.78, 5) is 29.3. The fourth-order valence-corrected chi connectivity index (χ4v) is 5.60. The van der Waals surface area contributed by atoms with Gasteiger partial charge < -0.3 is 15.0 Å². The highest BCUT2D eigenvalue weighted by atomic mass is 16.4. The molecule has 1 aliphatic rings. The number of carbonyl (C=O) groups excluding carboxylic acids is 1. The van der Waals surface area contributed by atoms with Gasteiger partial charge in [-0.15, -0.1) is 0 Å². The van der Waals surface area contributed by atoms with Crippen LogP contribution in [0.2, 0.25) is 0 Å². The van der Waals surface area contributed by atoms with Crippen molar-refractivity contribution in [2.75, 3.05) is 0 Å². The highest BCUT2D eigenvalue weighted by molar-refractivity contribution is 5.99. The number of aromatic nitrogens is 2. The van der Waals surface area contributed by atoms with Crippen molar-refractivity contribution in [3.8, 4) is 11.1 Å². The lowest BCUT2D eigenvalue weighted by Crippen LogP contribution is -2.26. The summed E-state index contributed by atoms with van der Waals surface area (Å²) in [6.45, 7) is 6.87. The van der Waals surface area contributed by atoms with Gasteiger partial charge in [-0.05, 0) is 97.2 Å². The van der Waals surface area contributed by atoms with Gasteiger partial charge in [-0.3, -0.25) is 9.78 Å². The zero-order valence-electron chi connectivity index (χ0n) is 23.5. The first-order valence-electron chi connectivity index (χ1n) is 14.1. The van der Waals surface area contributed by atoms with Crippen molar-refractivity contribution >= 4 is 22.8 Å². The Hall–Kier alpha value is -4.71. The summed E-state index contributed by atoms with van der Waals surface area (Å²) in [6.07, 6.45) is 6.21. The van der Waals surface area contributed by atoms with Crippen LogP contribution < -0.4 is 5.32 Å². The van der Waals surface area contributed by atoms with Crippen molar-refractivity contribution in [3.63, 3.8) is 0 Å². The number of nitrogens with one attached hydrogen (secondary N) is 1. The summed E-state index contributed by atoms with van der Waals surface area (Å²) >= 11 is 0. The number of aromatic carboxylic acids is 1. The van der Waals surface area contributed by atoms with Crippen LogP contribution in [-0.2, 0) is 6.54 Å². The number of benzene rings is 3. The van der Waals surface area contributed by atoms with Gasteiger partial charge in [-0.25, -0.2) is 4.79 Å². The van der Waals surface area contributed by atoms with E-state index >= 15 is 0 Å². The van der Waals surface area contributed by atoms with Gasteiger partial charge in [0.1, 0.15) is 0 Å². The maximum Gasteiger partial charge on any atom is 0.336 e. The van der Waals surface area contributed by atoms with Crippen molar-refractivity contribution in [1.82, 2.24) is 14.9 Å². The zero-order chi connectivity index (χ0) is 28.7. The number of aryl methyl sites for hydroxylation is 1. The molecular formula is C35H33N3O3. The highest BCUT2D eigenvalue weighted by Crippen LogP contribution is 2.40. The lowest BCUT2D eigenvalue weighted by atomic mass is 9.99. The number of hydrogen-bond donors (Lipinski definition) is 2. The minimum Gasteiger partial charge on any atom is -0.478 e. The molecule has 6 rings (SSSR count). The van der Waals surface area contributed by atoms with Crippen molar-refractivity contribution in [2.24, 2.45) is 0 Å². The van der Waals surface area contributed by atoms with Gasteiger partial charge in [0.25, 0.3) is 5.91 Å². The summed E-state index contributed by atoms with van der Waals surface area (Å²) < 4.78 is 2.27. The molecule has 2 aromatic heterocycles. The van der Waals surface area contributed by atoms with Gasteiger partial charge >= 0.3 is 5.97 Å². The smallest absolute Gasteiger partial charge is 0.336 e. The zero-order valence-corrected chi connectivity index (χ0v) is 23.5. The summed E-state index contributed by atoms with van der Waals surface area (Å²) in [6, 6.07) is 23.0. The maximum absolute atomic E-state index is 13.2. The van der Waals surface area contributed by atoms with E-state index in [1.54, 1.807) is 12.1 Å². The van der Waals surface area contributed by atoms with E-state index in [2.05, 4.69) is 34.8 Å². The molecule has 2 N–H and O–H groups in total. The molecule has 0 spiro atoms. The molecule has 1 fully saturated rings. The molecule has 0 aliphatic heterocycles. The molecule has 6 nitrogen and oxygen atoms in total. The topological polar surface area (TPSA) is 84.2 Å². The first kappa shape index (κ1) is 26.5. The van der Waals surface area contributed by atoms with Gasteiger partial charge in [0.15, 0.2) is 0 Å². The Morgan fingerprint density at radius 2 is 1.76 bits per heavy atom. The van der Waals surface area contributed by atoms with Crippen LogP contribution in [-0.4, -0.2) is 26.5 Å². The largest absolute Gasteiger partial charge is 0.478 e. The number of rotatable bonds is 8. The number of carboxylic acid groups (broad SMARTS) is 1. The molecule has 5 aromatic rings. The third kappa shape index (κ3) is 5.25. The molecule has 1 amide bonds. The number of fused-ring (bicyclic) bond motifs is 1. The van der Waals surface area contributed by atoms with Crippen molar-refractivity contribution in [2.45, 2.75) is 52.1 Å². The van der Waals surface area contributed by atoms with Crippen LogP contribution in [0.1, 0.15) is 80.4 Å². The molecule has 1 saturated carbocycles. The Morgan fingerprint density at radius 3 is 2.49 bits per heavy atom. The number of pyridine rings is 1. The van der Waals surface area contributed by atoms with Gasteiger partial charge in [0.05, 0.1) is 11.6 Å². The molecule has 0 bridgehead atoms. The van der Waals surface area contributed by atoms with Gasteiger partial charge in [0, 0.05) is 41.1 Å². The van der Waals surface area contributed by atoms with Crippen LogP contribution in [0.25, 0.3) is 22.0 Å². The van der Waals surface area contributed by atoms with E-state index in [1.807, 2.05) is 73.9 Å². The third-order valence-corrected chi connectivity index (χ3v) is 8.34. The SMILES string of the molecule is Cc1c(C)n(Cc2ccc(-c3ccccc3C(=O)O)cc2)c2ccc(C(=O)N[C@@H](C)c3cncc(C4CC4)c3)cc12. The van der Waals surface area contributed by atoms with E-state index < -0.39 is 5.97 Å². The predicted octanol–water partition coefficient (Wildman–Crippen LogP) is 7.44. The van der Waals surface area contributed by atoms with E-state index in [4.69, 9.17) is 0 Å². The molecule has 206 valence electrons. The molecule has 1 atom stereocenters. The fraction of sp³-hybridized carbons (Fsp3) is 0.229. The predicted molar refractivity (Wildman–Crippen MR) is 161 cm³/mol. The van der Waals surface area contributed by atoms with Crippen LogP contribution in [0.15, 0.2) is 85.2 Å². The molecule has 6 heteroatoms. The summed E-state index contributed by atoms with van der Waals surface area (Å²) in [5.74, 6) is -0.412. The number of carbonyl (C=O) groups is 2. The molecule has 1 aliphatic carbocycles. The van der Waals surface area contributed by atoms with Crippen LogP contribution >= 0.6 is 0 Å². The van der Waals surface area contributed by atoms with Crippen LogP contribution in [0.5, 0.6) is 0 Å². The van der Waals surface area contributed by atoms with E-state index in [1.165, 1.54) is 18.4 Å². The number of carboxylic acids is 1. The monoisotopic (exact) mass is 543 g/mol. The van der Waals surface area contributed by atoms with Crippen molar-refractivity contribution in [3.05, 3.63) is 124 Å². The lowest BCUT2D eigenvalue weighted by Gasteiger charge is -2.15. The molecule has 2 heterocycles. The second-order valence-electron chi connectivity index (χ2n) is 11.1. The Balaban J connectivity index is 1.22. The average Bonchev–Trinajstić information content (AvgIpc) is 3.82. The third-order valence-electron chi connectivity index (χ3n) is 8.34. The lowest BCUT2D eigenvalue weighted by molar-refractivity contribution is 0.0697. The van der Waals surface area contributed by atoms with Gasteiger partial charge in [0.2, 0.25) is 0 Å². The number of hydrogen-bond acceptors (Lipinski definition) is 3. The first-order valence-corrected chi connectivity index (χ1v) is 14.1. The normalized spacial score (nSPS) is 13.7. The Kier molecular flexibility index (Phi) is 6.91. The summed E-state index contributed by atoms with van der Waals surface area (Å²) in [7, 11) is 0. The highest BCUT2D eigenvalue weighted by Gasteiger charge is 2.24. The van der Waals surface area contributed by atoms with E-state index in [0.717, 1.165) is 38.9 Å². The minimum absolute atomic E-state index is 0.0988. The Bertz CT molecular complexity index is 1780. The molecule has 0 radical (unpaired) electrons. The minimum atomic E-state index is -0.933. The first-order chi connectivity index (χ1) is 19.8. The van der Waals surface area contributed by atoms with Crippen LogP contribution in [0.4, 0.5) is 0 Å². The second kappa shape index (κ2) is 10.7. The second-order valence-corrected chi connectivity index (χ2v) is 11.1. The van der Waals surface area contributed by atoms with Crippen LogP contribution in [0, 0.1) is 13.8 Å². The standard InChI is InChI=1S/C35H33N3O3/c1-21-23(3)38(20-24-8-10-26(11-9-24)30-6-4-5-7-31(30)35(40)41)33-15-14-27(17-32(21)33)34(39)37-22(2)28-16-29(19-36-18-28)25-12-13-25/h4-11,14-19,22,25H,12-13,20H2,1-3H3,(H,37,39)(H,40,41)/t22-/m0/s1. The quantitative estimate of drug-likeness (QED) is 0.213. The molecule has 0 unspecified atom stereocenters. The fourth-order valence-electron chi connectivity index (χ4n) is 5.60. The van der Waals surface area contributed by atoms with Crippen LogP contribution in [0.3, 0.4) is 0 Å². The van der Waals surface area contributed by atoms with E-state index in [9.17, 15) is 14.7 Å². The Morgan fingerprint density at radius 1 is 1.00 bits per heavy atom. The van der Waals surface area contributed by atoms with Crippen molar-refractivity contribution in [1.29, 1.82) is 0 Å². The molecule has 3 aromatic carbocycles. The number of amides is 1. The molecule has 0 saturated heterocycles. The number of nitrogens with zero attached hydrogens (tertiary/aromatic N) is 2. The van der Waals surface area contributed by atoms with Gasteiger partial charge in [-0.2, -0.15) is 0 Å². The maximum atomic E-state index is 13.2. The molecule has 41 heavy (non-hydrogen) atoms. The van der Waals surface area contributed by atoms with E-state index in [-0.39, 0.29) is 11.9 Å². The van der Waals surface area contributed by atoms with E-state index in [0.29, 0.717) is 29.2 Å².